The topological polar surface area (TPSA) is 102 Å². The van der Waals surface area contributed by atoms with Crippen molar-refractivity contribution in [3.05, 3.63) is 96.4 Å². The summed E-state index contributed by atoms with van der Waals surface area (Å²) in [5.41, 5.74) is -1.13. The first-order valence-electron chi connectivity index (χ1n) is 13.6. The van der Waals surface area contributed by atoms with Crippen molar-refractivity contribution in [3.63, 3.8) is 0 Å². The van der Waals surface area contributed by atoms with E-state index in [-0.39, 0.29) is 30.3 Å². The molecule has 0 atom stereocenters. The average Bonchev–Trinajstić information content (AvgIpc) is 3.65. The number of benzene rings is 2. The summed E-state index contributed by atoms with van der Waals surface area (Å²) < 4.78 is 42.7. The summed E-state index contributed by atoms with van der Waals surface area (Å²) in [5.74, 6) is -0.894. The van der Waals surface area contributed by atoms with Crippen LogP contribution < -0.4 is 0 Å². The van der Waals surface area contributed by atoms with Gasteiger partial charge in [-0.1, -0.05) is 13.0 Å². The maximum atomic E-state index is 14.1. The fraction of sp³-hybridized carbons (Fsp3) is 0.414. The summed E-state index contributed by atoms with van der Waals surface area (Å²) in [5, 5.41) is 18.8. The summed E-state index contributed by atoms with van der Waals surface area (Å²) in [7, 11) is 0. The highest BCUT2D eigenvalue weighted by molar-refractivity contribution is 5.95. The van der Waals surface area contributed by atoms with E-state index in [0.29, 0.717) is 12.0 Å². The zero-order chi connectivity index (χ0) is 29.2. The second-order valence-corrected chi connectivity index (χ2v) is 10.4. The van der Waals surface area contributed by atoms with Crippen LogP contribution in [0.15, 0.2) is 67.8 Å². The van der Waals surface area contributed by atoms with Crippen LogP contribution in [0.5, 0.6) is 0 Å². The van der Waals surface area contributed by atoms with Crippen LogP contribution in [0.25, 0.3) is 0 Å². The number of aliphatic hydroxyl groups is 1. The predicted octanol–water partition coefficient (Wildman–Crippen LogP) is 4.26. The number of rotatable bonds is 10. The highest BCUT2D eigenvalue weighted by Gasteiger charge is 2.34. The molecule has 0 unspecified atom stereocenters. The summed E-state index contributed by atoms with van der Waals surface area (Å²) >= 11 is 0. The Hall–Kier alpha value is -3.90. The lowest BCUT2D eigenvalue weighted by Crippen LogP contribution is -2.37. The lowest BCUT2D eigenvalue weighted by atomic mass is 9.93. The fourth-order valence-electron chi connectivity index (χ4n) is 4.78. The molecule has 218 valence electrons. The normalized spacial score (nSPS) is 14.5. The molecule has 41 heavy (non-hydrogen) atoms. The van der Waals surface area contributed by atoms with Gasteiger partial charge < -0.3 is 10.0 Å². The van der Waals surface area contributed by atoms with E-state index >= 15 is 0 Å². The molecule has 1 fully saturated rings. The first-order valence-corrected chi connectivity index (χ1v) is 13.6. The van der Waals surface area contributed by atoms with Gasteiger partial charge in [0, 0.05) is 23.6 Å². The molecule has 3 heterocycles. The van der Waals surface area contributed by atoms with Gasteiger partial charge in [0.15, 0.2) is 5.78 Å². The van der Waals surface area contributed by atoms with Crippen molar-refractivity contribution in [1.82, 2.24) is 34.4 Å². The number of likely N-dealkylation sites (tertiary alicyclic amines) is 1. The zero-order valence-corrected chi connectivity index (χ0v) is 22.9. The third kappa shape index (κ3) is 8.79. The lowest BCUT2D eigenvalue weighted by molar-refractivity contribution is -0.00856. The Morgan fingerprint density at radius 1 is 0.927 bits per heavy atom. The summed E-state index contributed by atoms with van der Waals surface area (Å²) in [6.07, 6.45) is 9.38. The molecule has 1 saturated heterocycles. The molecule has 0 saturated carbocycles. The van der Waals surface area contributed by atoms with Crippen LogP contribution in [-0.2, 0) is 18.7 Å². The molecule has 0 amide bonds. The summed E-state index contributed by atoms with van der Waals surface area (Å²) in [6, 6.07) is 8.85. The van der Waals surface area contributed by atoms with Gasteiger partial charge in [0.25, 0.3) is 0 Å². The third-order valence-electron chi connectivity index (χ3n) is 7.13. The maximum Gasteiger partial charge on any atom is 0.162 e. The molecule has 2 aromatic carbocycles. The van der Waals surface area contributed by atoms with Crippen LogP contribution in [0.4, 0.5) is 13.2 Å². The van der Waals surface area contributed by atoms with E-state index in [1.165, 1.54) is 65.7 Å². The summed E-state index contributed by atoms with van der Waals surface area (Å²) in [6.45, 7) is 5.47. The van der Waals surface area contributed by atoms with E-state index in [9.17, 15) is 23.1 Å². The predicted molar refractivity (Wildman–Crippen MR) is 145 cm³/mol. The van der Waals surface area contributed by atoms with Crippen LogP contribution in [0.3, 0.4) is 0 Å². The molecule has 1 N–H and O–H groups in total. The number of nitrogens with zero attached hydrogens (tertiary/aromatic N) is 7. The quantitative estimate of drug-likeness (QED) is 0.285. The minimum absolute atomic E-state index is 0.0556. The molecule has 4 aromatic rings. The number of piperidine rings is 1. The van der Waals surface area contributed by atoms with Crippen LogP contribution >= 0.6 is 0 Å². The SMILES string of the molecule is CC1CCN(CCCC(=O)c2ccc(F)cc2)CC1.OC(Cn1cncn1)(Cn1cncn1)c1ccc(F)cc1F. The molecule has 0 spiro atoms. The largest absolute Gasteiger partial charge is 0.381 e. The van der Waals surface area contributed by atoms with E-state index in [4.69, 9.17) is 0 Å². The van der Waals surface area contributed by atoms with Crippen molar-refractivity contribution in [2.75, 3.05) is 19.6 Å². The Balaban J connectivity index is 0.000000191. The molecule has 2 aromatic heterocycles. The van der Waals surface area contributed by atoms with Gasteiger partial charge >= 0.3 is 0 Å². The number of carbonyl (C=O) groups excluding carboxylic acids is 1. The van der Waals surface area contributed by atoms with Gasteiger partial charge in [-0.05, 0) is 75.1 Å². The molecule has 12 heteroatoms. The minimum Gasteiger partial charge on any atom is -0.381 e. The van der Waals surface area contributed by atoms with Crippen LogP contribution in [-0.4, -0.2) is 65.0 Å². The number of Topliss-reactive ketones (excluding diaryl/α,β-unsaturated/α-hetero) is 1. The van der Waals surface area contributed by atoms with Crippen molar-refractivity contribution in [3.8, 4) is 0 Å². The molecule has 0 bridgehead atoms. The highest BCUT2D eigenvalue weighted by atomic mass is 19.1. The van der Waals surface area contributed by atoms with Crippen molar-refractivity contribution in [1.29, 1.82) is 0 Å². The molecule has 1 aliphatic rings. The average molecular weight is 570 g/mol. The molecule has 9 nitrogen and oxygen atoms in total. The van der Waals surface area contributed by atoms with Crippen LogP contribution in [0.2, 0.25) is 0 Å². The number of aromatic nitrogens is 6. The standard InChI is InChI=1S/C16H22FNO.C13H12F2N6O/c1-13-8-11-18(12-9-13)10-2-3-16(19)14-4-6-15(17)7-5-14;14-10-1-2-11(12(15)3-10)13(22,4-20-8-16-6-18-20)5-21-9-17-7-19-21/h4-7,13H,2-3,8-12H2,1H3;1-3,6-9,22H,4-5H2. The fourth-order valence-corrected chi connectivity index (χ4v) is 4.78. The van der Waals surface area contributed by atoms with Crippen molar-refractivity contribution >= 4 is 5.78 Å². The minimum atomic E-state index is -1.70. The lowest BCUT2D eigenvalue weighted by Gasteiger charge is -2.29. The van der Waals surface area contributed by atoms with E-state index in [1.54, 1.807) is 12.1 Å². The Labute approximate surface area is 236 Å². The molecule has 0 aliphatic carbocycles. The van der Waals surface area contributed by atoms with Gasteiger partial charge in [0.05, 0.1) is 13.1 Å². The van der Waals surface area contributed by atoms with Gasteiger partial charge in [-0.25, -0.2) is 32.5 Å². The number of ketones is 1. The smallest absolute Gasteiger partial charge is 0.162 e. The number of hydrogen-bond donors (Lipinski definition) is 1. The molecular formula is C29H34F3N7O2. The van der Waals surface area contributed by atoms with E-state index < -0.39 is 17.2 Å². The highest BCUT2D eigenvalue weighted by Crippen LogP contribution is 2.28. The maximum absolute atomic E-state index is 14.1. The first-order chi connectivity index (χ1) is 19.7. The van der Waals surface area contributed by atoms with Gasteiger partial charge in [-0.15, -0.1) is 0 Å². The van der Waals surface area contributed by atoms with E-state index in [2.05, 4.69) is 32.0 Å². The van der Waals surface area contributed by atoms with Crippen LogP contribution in [0, 0.1) is 23.4 Å². The molecular weight excluding hydrogens is 535 g/mol. The van der Waals surface area contributed by atoms with Gasteiger partial charge in [-0.3, -0.25) is 4.79 Å². The molecule has 1 aliphatic heterocycles. The summed E-state index contributed by atoms with van der Waals surface area (Å²) in [4.78, 5) is 21.9. The first kappa shape index (κ1) is 30.1. The molecule has 5 rings (SSSR count). The Morgan fingerprint density at radius 3 is 2.05 bits per heavy atom. The van der Waals surface area contributed by atoms with Gasteiger partial charge in [0.1, 0.15) is 48.4 Å². The van der Waals surface area contributed by atoms with Gasteiger partial charge in [-0.2, -0.15) is 10.2 Å². The zero-order valence-electron chi connectivity index (χ0n) is 22.9. The number of carbonyl (C=O) groups is 1. The van der Waals surface area contributed by atoms with Gasteiger partial charge in [0.2, 0.25) is 0 Å². The second-order valence-electron chi connectivity index (χ2n) is 10.4. The Morgan fingerprint density at radius 2 is 1.51 bits per heavy atom. The Kier molecular flexibility index (Phi) is 10.4. The number of halogens is 3. The van der Waals surface area contributed by atoms with E-state index in [0.717, 1.165) is 44.1 Å². The van der Waals surface area contributed by atoms with Crippen molar-refractivity contribution in [2.45, 2.75) is 51.3 Å². The Bertz CT molecular complexity index is 1320. The third-order valence-corrected chi connectivity index (χ3v) is 7.13. The van der Waals surface area contributed by atoms with Crippen molar-refractivity contribution in [2.24, 2.45) is 5.92 Å². The monoisotopic (exact) mass is 569 g/mol. The second kappa shape index (κ2) is 14.1. The van der Waals surface area contributed by atoms with E-state index in [1.807, 2.05) is 0 Å². The van der Waals surface area contributed by atoms with Crippen LogP contribution in [0.1, 0.15) is 48.5 Å². The van der Waals surface area contributed by atoms with Crippen molar-refractivity contribution < 1.29 is 23.1 Å². The molecule has 0 radical (unpaired) electrons. The number of hydrogen-bond acceptors (Lipinski definition) is 7.